The Hall–Kier alpha value is -1.33. The summed E-state index contributed by atoms with van der Waals surface area (Å²) in [5.74, 6) is -0.448. The van der Waals surface area contributed by atoms with Crippen LogP contribution in [0.3, 0.4) is 0 Å². The molecule has 0 bridgehead atoms. The molecule has 1 N–H and O–H groups in total. The van der Waals surface area contributed by atoms with Crippen molar-refractivity contribution < 1.29 is 14.3 Å². The third-order valence-corrected chi connectivity index (χ3v) is 2.74. The van der Waals surface area contributed by atoms with Crippen LogP contribution in [-0.4, -0.2) is 23.9 Å². The number of halogens is 1. The lowest BCUT2D eigenvalue weighted by Crippen LogP contribution is -2.18. The first-order valence-electron chi connectivity index (χ1n) is 6.38. The molecule has 0 saturated carbocycles. The van der Waals surface area contributed by atoms with Crippen molar-refractivity contribution >= 4 is 40.7 Å². The molecule has 0 spiro atoms. The molecule has 0 aliphatic heterocycles. The highest BCUT2D eigenvalue weighted by atomic mass is 35.5. The number of esters is 1. The van der Waals surface area contributed by atoms with E-state index in [1.165, 1.54) is 0 Å². The monoisotopic (exact) mass is 315 g/mol. The summed E-state index contributed by atoms with van der Waals surface area (Å²) in [6, 6.07) is 4.93. The van der Waals surface area contributed by atoms with Gasteiger partial charge in [0.05, 0.1) is 23.3 Å². The van der Waals surface area contributed by atoms with E-state index in [0.717, 1.165) is 6.42 Å². The van der Waals surface area contributed by atoms with Crippen LogP contribution in [-0.2, 0) is 9.47 Å². The lowest BCUT2D eigenvalue weighted by Gasteiger charge is -2.13. The first-order valence-corrected chi connectivity index (χ1v) is 7.17. The minimum absolute atomic E-state index is 0.0173. The molecular formula is C14H18ClNO3S. The number of nitrogens with one attached hydrogen (secondary N) is 1. The van der Waals surface area contributed by atoms with Crippen LogP contribution < -0.4 is 5.32 Å². The quantitative estimate of drug-likeness (QED) is 0.656. The number of carbonyl (C=O) groups excluding carboxylic acids is 1. The van der Waals surface area contributed by atoms with Crippen LogP contribution >= 0.6 is 23.8 Å². The second-order valence-corrected chi connectivity index (χ2v) is 5.19. The summed E-state index contributed by atoms with van der Waals surface area (Å²) >= 11 is 11.0. The number of rotatable bonds is 5. The van der Waals surface area contributed by atoms with Gasteiger partial charge in [-0.25, -0.2) is 4.79 Å². The molecule has 1 aromatic rings. The zero-order valence-corrected chi connectivity index (χ0v) is 13.3. The number of benzene rings is 1. The molecule has 0 atom stereocenters. The van der Waals surface area contributed by atoms with E-state index in [-0.39, 0.29) is 11.3 Å². The van der Waals surface area contributed by atoms with Crippen molar-refractivity contribution in [3.05, 3.63) is 28.8 Å². The number of hydrogen-bond acceptors (Lipinski definition) is 4. The molecule has 4 nitrogen and oxygen atoms in total. The molecule has 6 heteroatoms. The number of carbonyl (C=O) groups is 1. The van der Waals surface area contributed by atoms with Crippen LogP contribution in [0.4, 0.5) is 5.69 Å². The molecule has 1 rings (SSSR count). The Morgan fingerprint density at radius 1 is 1.45 bits per heavy atom. The Morgan fingerprint density at radius 3 is 2.75 bits per heavy atom. The van der Waals surface area contributed by atoms with Crippen molar-refractivity contribution in [2.24, 2.45) is 0 Å². The average molecular weight is 316 g/mol. The summed E-state index contributed by atoms with van der Waals surface area (Å²) in [6.45, 7) is 6.04. The lowest BCUT2D eigenvalue weighted by molar-refractivity contribution is 0.0505. The van der Waals surface area contributed by atoms with E-state index in [4.69, 9.17) is 33.3 Å². The second kappa shape index (κ2) is 8.07. The average Bonchev–Trinajstić information content (AvgIpc) is 2.37. The van der Waals surface area contributed by atoms with Crippen LogP contribution in [0.5, 0.6) is 0 Å². The minimum Gasteiger partial charge on any atom is -0.468 e. The van der Waals surface area contributed by atoms with E-state index < -0.39 is 5.97 Å². The van der Waals surface area contributed by atoms with E-state index in [0.29, 0.717) is 22.9 Å². The fourth-order valence-corrected chi connectivity index (χ4v) is 1.90. The highest BCUT2D eigenvalue weighted by Crippen LogP contribution is 2.22. The summed E-state index contributed by atoms with van der Waals surface area (Å²) in [6.07, 6.45) is 0.740. The van der Waals surface area contributed by atoms with Crippen LogP contribution in [0, 0.1) is 0 Å². The molecule has 110 valence electrons. The molecule has 0 amide bonds. The zero-order chi connectivity index (χ0) is 15.1. The second-order valence-electron chi connectivity index (χ2n) is 4.41. The van der Waals surface area contributed by atoms with E-state index in [9.17, 15) is 4.79 Å². The van der Waals surface area contributed by atoms with Crippen molar-refractivity contribution in [2.45, 2.75) is 33.3 Å². The number of ether oxygens (including phenoxy) is 2. The Labute approximate surface area is 129 Å². The molecule has 1 aromatic carbocycles. The molecule has 0 aliphatic carbocycles. The summed E-state index contributed by atoms with van der Waals surface area (Å²) in [5.41, 5.74) is 0.931. The first-order chi connectivity index (χ1) is 9.43. The molecule has 0 heterocycles. The Kier molecular flexibility index (Phi) is 6.75. The summed E-state index contributed by atoms with van der Waals surface area (Å²) in [7, 11) is 0. The van der Waals surface area contributed by atoms with Crippen LogP contribution in [0.1, 0.15) is 37.6 Å². The molecule has 20 heavy (non-hydrogen) atoms. The predicted octanol–water partition coefficient (Wildman–Crippen LogP) is 4.03. The van der Waals surface area contributed by atoms with E-state index in [1.807, 2.05) is 20.8 Å². The smallest absolute Gasteiger partial charge is 0.339 e. The fourth-order valence-electron chi connectivity index (χ4n) is 1.39. The van der Waals surface area contributed by atoms with Gasteiger partial charge in [0, 0.05) is 5.69 Å². The minimum atomic E-state index is -0.448. The van der Waals surface area contributed by atoms with E-state index >= 15 is 0 Å². The van der Waals surface area contributed by atoms with Gasteiger partial charge in [-0.15, -0.1) is 0 Å². The summed E-state index contributed by atoms with van der Waals surface area (Å²) in [5, 5.41) is 3.48. The largest absolute Gasteiger partial charge is 0.468 e. The van der Waals surface area contributed by atoms with Gasteiger partial charge in [0.1, 0.15) is 0 Å². The SMILES string of the molecule is CCCOC(=O)c1cc(NC(=S)OC(C)C)ccc1Cl. The number of anilines is 1. The van der Waals surface area contributed by atoms with Gasteiger partial charge in [0.2, 0.25) is 0 Å². The summed E-state index contributed by atoms with van der Waals surface area (Å²) in [4.78, 5) is 11.8. The summed E-state index contributed by atoms with van der Waals surface area (Å²) < 4.78 is 10.4. The van der Waals surface area contributed by atoms with Crippen molar-refractivity contribution in [1.29, 1.82) is 0 Å². The van der Waals surface area contributed by atoms with Gasteiger partial charge in [-0.3, -0.25) is 0 Å². The molecular weight excluding hydrogens is 298 g/mol. The van der Waals surface area contributed by atoms with Gasteiger partial charge in [0.25, 0.3) is 5.17 Å². The molecule has 0 aromatic heterocycles. The lowest BCUT2D eigenvalue weighted by atomic mass is 10.2. The highest BCUT2D eigenvalue weighted by Gasteiger charge is 2.13. The first kappa shape index (κ1) is 16.7. The Morgan fingerprint density at radius 2 is 2.15 bits per heavy atom. The molecule has 0 fully saturated rings. The van der Waals surface area contributed by atoms with Gasteiger partial charge < -0.3 is 14.8 Å². The van der Waals surface area contributed by atoms with Crippen molar-refractivity contribution in [3.8, 4) is 0 Å². The van der Waals surface area contributed by atoms with Crippen molar-refractivity contribution in [3.63, 3.8) is 0 Å². The Bertz CT molecular complexity index is 491. The maximum Gasteiger partial charge on any atom is 0.339 e. The van der Waals surface area contributed by atoms with Gasteiger partial charge in [0.15, 0.2) is 0 Å². The standard InChI is InChI=1S/C14H18ClNO3S/c1-4-7-18-13(17)11-8-10(5-6-12(11)15)16-14(20)19-9(2)3/h5-6,8-9H,4,7H2,1-3H3,(H,16,20). The topological polar surface area (TPSA) is 47.6 Å². The molecule has 0 aliphatic rings. The number of thiocarbonyl (C=S) groups is 1. The zero-order valence-electron chi connectivity index (χ0n) is 11.7. The third-order valence-electron chi connectivity index (χ3n) is 2.21. The van der Waals surface area contributed by atoms with Crippen LogP contribution in [0.2, 0.25) is 5.02 Å². The van der Waals surface area contributed by atoms with Gasteiger partial charge >= 0.3 is 5.97 Å². The van der Waals surface area contributed by atoms with Crippen LogP contribution in [0.25, 0.3) is 0 Å². The molecule has 0 radical (unpaired) electrons. The fraction of sp³-hybridized carbons (Fsp3) is 0.429. The van der Waals surface area contributed by atoms with Crippen LogP contribution in [0.15, 0.2) is 18.2 Å². The normalized spacial score (nSPS) is 10.2. The highest BCUT2D eigenvalue weighted by molar-refractivity contribution is 7.80. The van der Waals surface area contributed by atoms with E-state index in [1.54, 1.807) is 18.2 Å². The third kappa shape index (κ3) is 5.35. The van der Waals surface area contributed by atoms with E-state index in [2.05, 4.69) is 5.32 Å². The Balaban J connectivity index is 2.80. The molecule has 0 unspecified atom stereocenters. The number of hydrogen-bond donors (Lipinski definition) is 1. The van der Waals surface area contributed by atoms with Gasteiger partial charge in [-0.2, -0.15) is 0 Å². The van der Waals surface area contributed by atoms with Crippen molar-refractivity contribution in [1.82, 2.24) is 0 Å². The van der Waals surface area contributed by atoms with Gasteiger partial charge in [-0.05, 0) is 50.7 Å². The van der Waals surface area contributed by atoms with Crippen molar-refractivity contribution in [2.75, 3.05) is 11.9 Å². The predicted molar refractivity (Wildman–Crippen MR) is 84.5 cm³/mol. The molecule has 0 saturated heterocycles. The van der Waals surface area contributed by atoms with Gasteiger partial charge in [-0.1, -0.05) is 18.5 Å². The maximum atomic E-state index is 11.8. The maximum absolute atomic E-state index is 11.8.